The molecule has 5 nitrogen and oxygen atoms in total. The van der Waals surface area contributed by atoms with Crippen molar-refractivity contribution in [1.82, 2.24) is 5.32 Å². The highest BCUT2D eigenvalue weighted by Gasteiger charge is 2.32. The fourth-order valence-corrected chi connectivity index (χ4v) is 2.96. The van der Waals surface area contributed by atoms with E-state index < -0.39 is 0 Å². The molecule has 5 heteroatoms. The number of hydrogen-bond acceptors (Lipinski definition) is 4. The van der Waals surface area contributed by atoms with E-state index >= 15 is 0 Å². The Morgan fingerprint density at radius 2 is 2.30 bits per heavy atom. The zero-order chi connectivity index (χ0) is 14.1. The molecule has 0 aliphatic carbocycles. The monoisotopic (exact) mass is 276 g/mol. The van der Waals surface area contributed by atoms with Gasteiger partial charge in [-0.3, -0.25) is 4.79 Å². The van der Waals surface area contributed by atoms with Crippen molar-refractivity contribution >= 4 is 11.6 Å². The van der Waals surface area contributed by atoms with Crippen LogP contribution in [0.5, 0.6) is 5.75 Å². The van der Waals surface area contributed by atoms with Crippen molar-refractivity contribution in [3.8, 4) is 5.75 Å². The van der Waals surface area contributed by atoms with Crippen molar-refractivity contribution in [3.05, 3.63) is 23.8 Å². The largest absolute Gasteiger partial charge is 0.482 e. The molecule has 2 aliphatic heterocycles. The Balaban J connectivity index is 1.88. The Bertz CT molecular complexity index is 518. The first kappa shape index (κ1) is 13.4. The van der Waals surface area contributed by atoms with Gasteiger partial charge in [0.2, 0.25) is 0 Å². The quantitative estimate of drug-likeness (QED) is 0.882. The minimum absolute atomic E-state index is 0.0879. The maximum atomic E-state index is 11.4. The van der Waals surface area contributed by atoms with Gasteiger partial charge in [0, 0.05) is 6.61 Å². The van der Waals surface area contributed by atoms with Crippen LogP contribution in [0.1, 0.15) is 24.9 Å². The van der Waals surface area contributed by atoms with Crippen molar-refractivity contribution in [2.24, 2.45) is 5.92 Å². The summed E-state index contributed by atoms with van der Waals surface area (Å²) >= 11 is 0. The van der Waals surface area contributed by atoms with E-state index in [4.69, 9.17) is 9.47 Å². The summed E-state index contributed by atoms with van der Waals surface area (Å²) in [6, 6.07) is 6.04. The Kier molecular flexibility index (Phi) is 3.63. The van der Waals surface area contributed by atoms with Gasteiger partial charge in [0.05, 0.1) is 17.8 Å². The molecule has 2 aliphatic rings. The van der Waals surface area contributed by atoms with Gasteiger partial charge in [-0.05, 0) is 37.1 Å². The summed E-state index contributed by atoms with van der Waals surface area (Å²) in [5.74, 6) is 1.14. The molecule has 108 valence electrons. The van der Waals surface area contributed by atoms with E-state index in [9.17, 15) is 4.79 Å². The molecule has 20 heavy (non-hydrogen) atoms. The number of nitrogens with one attached hydrogen (secondary N) is 2. The highest BCUT2D eigenvalue weighted by Crippen LogP contribution is 2.35. The molecule has 1 saturated heterocycles. The second-order valence-electron chi connectivity index (χ2n) is 5.46. The summed E-state index contributed by atoms with van der Waals surface area (Å²) < 4.78 is 11.2. The van der Waals surface area contributed by atoms with Crippen LogP contribution in [-0.2, 0) is 9.53 Å². The van der Waals surface area contributed by atoms with Gasteiger partial charge in [-0.1, -0.05) is 13.0 Å². The first-order chi connectivity index (χ1) is 9.69. The predicted molar refractivity (Wildman–Crippen MR) is 75.9 cm³/mol. The molecule has 3 rings (SSSR count). The van der Waals surface area contributed by atoms with Gasteiger partial charge in [-0.25, -0.2) is 0 Å². The SMILES string of the molecule is CNC(c1ccc2c(c1)NC(=O)CO2)C1OCCC1C. The third kappa shape index (κ3) is 2.39. The van der Waals surface area contributed by atoms with E-state index in [-0.39, 0.29) is 24.7 Å². The number of carbonyl (C=O) groups excluding carboxylic acids is 1. The lowest BCUT2D eigenvalue weighted by Gasteiger charge is -2.27. The number of carbonyl (C=O) groups is 1. The van der Waals surface area contributed by atoms with Gasteiger partial charge in [-0.15, -0.1) is 0 Å². The number of anilines is 1. The first-order valence-corrected chi connectivity index (χ1v) is 7.04. The van der Waals surface area contributed by atoms with Crippen LogP contribution in [0, 0.1) is 5.92 Å². The Hall–Kier alpha value is -1.59. The van der Waals surface area contributed by atoms with E-state index in [1.807, 2.05) is 25.2 Å². The van der Waals surface area contributed by atoms with Crippen LogP contribution >= 0.6 is 0 Å². The second-order valence-corrected chi connectivity index (χ2v) is 5.46. The Morgan fingerprint density at radius 1 is 1.45 bits per heavy atom. The topological polar surface area (TPSA) is 59.6 Å². The van der Waals surface area contributed by atoms with Gasteiger partial charge < -0.3 is 20.1 Å². The van der Waals surface area contributed by atoms with Crippen molar-refractivity contribution in [3.63, 3.8) is 0 Å². The van der Waals surface area contributed by atoms with E-state index in [1.54, 1.807) is 0 Å². The van der Waals surface area contributed by atoms with Crippen LogP contribution in [-0.4, -0.2) is 32.3 Å². The molecular formula is C15H20N2O3. The van der Waals surface area contributed by atoms with Crippen LogP contribution in [0.25, 0.3) is 0 Å². The second kappa shape index (κ2) is 5.42. The first-order valence-electron chi connectivity index (χ1n) is 7.04. The summed E-state index contributed by atoms with van der Waals surface area (Å²) in [5, 5.41) is 6.18. The molecule has 1 amide bonds. The number of hydrogen-bond donors (Lipinski definition) is 2. The Morgan fingerprint density at radius 3 is 3.00 bits per heavy atom. The predicted octanol–water partition coefficient (Wildman–Crippen LogP) is 1.70. The number of amides is 1. The highest BCUT2D eigenvalue weighted by molar-refractivity contribution is 5.95. The molecule has 2 N–H and O–H groups in total. The molecule has 2 heterocycles. The van der Waals surface area contributed by atoms with Gasteiger partial charge in [0.1, 0.15) is 5.75 Å². The molecule has 0 bridgehead atoms. The van der Waals surface area contributed by atoms with Gasteiger partial charge in [0.25, 0.3) is 5.91 Å². The summed E-state index contributed by atoms with van der Waals surface area (Å²) in [6.07, 6.45) is 1.26. The number of ether oxygens (including phenoxy) is 2. The van der Waals surface area contributed by atoms with Gasteiger partial charge in [0.15, 0.2) is 6.61 Å². The molecule has 0 saturated carbocycles. The number of benzene rings is 1. The molecule has 1 fully saturated rings. The number of rotatable bonds is 3. The molecule has 3 unspecified atom stereocenters. The van der Waals surface area contributed by atoms with Crippen molar-refractivity contribution < 1.29 is 14.3 Å². The molecule has 1 aromatic carbocycles. The highest BCUT2D eigenvalue weighted by atomic mass is 16.5. The lowest BCUT2D eigenvalue weighted by molar-refractivity contribution is -0.118. The van der Waals surface area contributed by atoms with Crippen LogP contribution in [0.4, 0.5) is 5.69 Å². The van der Waals surface area contributed by atoms with Crippen molar-refractivity contribution in [2.45, 2.75) is 25.5 Å². The molecule has 0 aromatic heterocycles. The van der Waals surface area contributed by atoms with Crippen LogP contribution in [0.15, 0.2) is 18.2 Å². The zero-order valence-corrected chi connectivity index (χ0v) is 11.8. The smallest absolute Gasteiger partial charge is 0.262 e. The molecule has 3 atom stereocenters. The van der Waals surface area contributed by atoms with E-state index in [0.29, 0.717) is 5.92 Å². The molecular weight excluding hydrogens is 256 g/mol. The minimum atomic E-state index is -0.110. The normalized spacial score (nSPS) is 26.6. The lowest BCUT2D eigenvalue weighted by atomic mass is 9.92. The summed E-state index contributed by atoms with van der Waals surface area (Å²) in [4.78, 5) is 11.4. The van der Waals surface area contributed by atoms with Crippen molar-refractivity contribution in [1.29, 1.82) is 0 Å². The minimum Gasteiger partial charge on any atom is -0.482 e. The molecule has 0 spiro atoms. The third-order valence-corrected chi connectivity index (χ3v) is 4.08. The fraction of sp³-hybridized carbons (Fsp3) is 0.533. The summed E-state index contributed by atoms with van der Waals surface area (Å²) in [6.45, 7) is 3.12. The maximum Gasteiger partial charge on any atom is 0.262 e. The van der Waals surface area contributed by atoms with Gasteiger partial charge in [-0.2, -0.15) is 0 Å². The van der Waals surface area contributed by atoms with Crippen LogP contribution in [0.3, 0.4) is 0 Å². The van der Waals surface area contributed by atoms with E-state index in [1.165, 1.54) is 0 Å². The van der Waals surface area contributed by atoms with Crippen molar-refractivity contribution in [2.75, 3.05) is 25.6 Å². The van der Waals surface area contributed by atoms with E-state index in [2.05, 4.69) is 17.6 Å². The maximum absolute atomic E-state index is 11.4. The number of fused-ring (bicyclic) bond motifs is 1. The van der Waals surface area contributed by atoms with Crippen LogP contribution in [0.2, 0.25) is 0 Å². The Labute approximate surface area is 118 Å². The van der Waals surface area contributed by atoms with Crippen LogP contribution < -0.4 is 15.4 Å². The average molecular weight is 276 g/mol. The zero-order valence-electron chi connectivity index (χ0n) is 11.8. The average Bonchev–Trinajstić information content (AvgIpc) is 2.86. The standard InChI is InChI=1S/C15H20N2O3/c1-9-5-6-19-15(9)14(16-2)10-3-4-12-11(7-10)17-13(18)8-20-12/h3-4,7,9,14-16H,5-6,8H2,1-2H3,(H,17,18). The summed E-state index contributed by atoms with van der Waals surface area (Å²) in [5.41, 5.74) is 1.85. The molecule has 0 radical (unpaired) electrons. The van der Waals surface area contributed by atoms with Gasteiger partial charge >= 0.3 is 0 Å². The third-order valence-electron chi connectivity index (χ3n) is 4.08. The fourth-order valence-electron chi connectivity index (χ4n) is 2.96. The number of likely N-dealkylation sites (N-methyl/N-ethyl adjacent to an activating group) is 1. The summed E-state index contributed by atoms with van der Waals surface area (Å²) in [7, 11) is 1.94. The lowest BCUT2D eigenvalue weighted by Crippen LogP contribution is -2.33. The molecule has 1 aromatic rings. The van der Waals surface area contributed by atoms with E-state index in [0.717, 1.165) is 30.0 Å².